The minimum absolute atomic E-state index is 0.00956. The van der Waals surface area contributed by atoms with Crippen LogP contribution in [0.5, 0.6) is 0 Å². The minimum Gasteiger partial charge on any atom is -0.485 e. The van der Waals surface area contributed by atoms with Crippen molar-refractivity contribution in [1.82, 2.24) is 4.90 Å². The molecule has 152 valence electrons. The van der Waals surface area contributed by atoms with Crippen LogP contribution in [0.3, 0.4) is 0 Å². The van der Waals surface area contributed by atoms with E-state index >= 15 is 0 Å². The van der Waals surface area contributed by atoms with Gasteiger partial charge in [-0.3, -0.25) is 0 Å². The molecule has 0 atom stereocenters. The molecular formula is C12H10F11NO2. The molecule has 0 radical (unpaired) electrons. The van der Waals surface area contributed by atoms with Gasteiger partial charge in [-0.05, 0) is 25.7 Å². The number of allylic oxidation sites excluding steroid dienone is 1. The lowest BCUT2D eigenvalue weighted by Gasteiger charge is -2.46. The fourth-order valence-corrected chi connectivity index (χ4v) is 2.38. The summed E-state index contributed by atoms with van der Waals surface area (Å²) in [4.78, 5) is -2.37. The van der Waals surface area contributed by atoms with Crippen molar-refractivity contribution in [2.24, 2.45) is 0 Å². The molecule has 0 spiro atoms. The Morgan fingerprint density at radius 2 is 1.31 bits per heavy atom. The van der Waals surface area contributed by atoms with E-state index < -0.39 is 53.4 Å². The molecule has 1 aliphatic carbocycles. The Hall–Kier alpha value is -1.47. The van der Waals surface area contributed by atoms with Gasteiger partial charge < -0.3 is 4.74 Å². The summed E-state index contributed by atoms with van der Waals surface area (Å²) in [6.45, 7) is 0. The zero-order chi connectivity index (χ0) is 20.2. The molecule has 3 nitrogen and oxygen atoms in total. The third-order valence-corrected chi connectivity index (χ3v) is 3.68. The average molecular weight is 409 g/mol. The highest BCUT2D eigenvalue weighted by molar-refractivity contribution is 5.08. The Kier molecular flexibility index (Phi) is 4.83. The Labute approximate surface area is 138 Å². The van der Waals surface area contributed by atoms with E-state index in [0.29, 0.717) is 12.8 Å². The van der Waals surface area contributed by atoms with E-state index in [1.54, 1.807) is 0 Å². The molecule has 2 aliphatic rings. The second-order valence-corrected chi connectivity index (χ2v) is 5.60. The third kappa shape index (κ3) is 3.39. The van der Waals surface area contributed by atoms with E-state index in [1.165, 1.54) is 0 Å². The Bertz CT molecular complexity index is 540. The van der Waals surface area contributed by atoms with E-state index in [0.717, 1.165) is 0 Å². The second kappa shape index (κ2) is 6.02. The van der Waals surface area contributed by atoms with Gasteiger partial charge in [0.05, 0.1) is 12.3 Å². The summed E-state index contributed by atoms with van der Waals surface area (Å²) in [5, 5.41) is 0. The van der Waals surface area contributed by atoms with Crippen molar-refractivity contribution in [2.75, 3.05) is 0 Å². The van der Waals surface area contributed by atoms with Gasteiger partial charge in [0.15, 0.2) is 0 Å². The lowest BCUT2D eigenvalue weighted by atomic mass is 10.2. The first kappa shape index (κ1) is 20.8. The van der Waals surface area contributed by atoms with Gasteiger partial charge in [0.1, 0.15) is 0 Å². The summed E-state index contributed by atoms with van der Waals surface area (Å²) >= 11 is 0. The highest BCUT2D eigenvalue weighted by atomic mass is 19.4. The second-order valence-electron chi connectivity index (χ2n) is 5.60. The summed E-state index contributed by atoms with van der Waals surface area (Å²) in [5.41, 5.74) is 0. The van der Waals surface area contributed by atoms with Crippen LogP contribution >= 0.6 is 0 Å². The van der Waals surface area contributed by atoms with E-state index in [1.807, 2.05) is 0 Å². The van der Waals surface area contributed by atoms with E-state index in [4.69, 9.17) is 0 Å². The maximum absolute atomic E-state index is 13.5. The first-order chi connectivity index (χ1) is 11.5. The summed E-state index contributed by atoms with van der Waals surface area (Å²) < 4.78 is 151. The highest BCUT2D eigenvalue weighted by Crippen LogP contribution is 2.56. The molecule has 2 fully saturated rings. The van der Waals surface area contributed by atoms with E-state index in [-0.39, 0.29) is 12.8 Å². The molecule has 26 heavy (non-hydrogen) atoms. The minimum atomic E-state index is -6.23. The summed E-state index contributed by atoms with van der Waals surface area (Å²) in [6.07, 6.45) is -19.8. The predicted molar refractivity (Wildman–Crippen MR) is 60.2 cm³/mol. The smallest absolute Gasteiger partial charge is 0.450 e. The van der Waals surface area contributed by atoms with Crippen LogP contribution in [0.1, 0.15) is 25.7 Å². The zero-order valence-corrected chi connectivity index (χ0v) is 12.4. The number of morpholine rings is 1. The van der Waals surface area contributed by atoms with Gasteiger partial charge in [-0.15, -0.1) is 0 Å². The van der Waals surface area contributed by atoms with Crippen molar-refractivity contribution in [3.05, 3.63) is 12.0 Å². The number of halogens is 11. The lowest BCUT2D eigenvalue weighted by molar-refractivity contribution is -0.555. The van der Waals surface area contributed by atoms with Gasteiger partial charge >= 0.3 is 30.5 Å². The zero-order valence-electron chi connectivity index (χ0n) is 12.4. The molecule has 0 unspecified atom stereocenters. The molecule has 0 aromatic heterocycles. The van der Waals surface area contributed by atoms with Gasteiger partial charge in [-0.25, -0.2) is 9.64 Å². The Balaban J connectivity index is 2.52. The molecule has 0 N–H and O–H groups in total. The fraction of sp³-hybridized carbons (Fsp3) is 0.833. The normalized spacial score (nSPS) is 28.3. The Morgan fingerprint density at radius 3 is 1.69 bits per heavy atom. The van der Waals surface area contributed by atoms with E-state index in [9.17, 15) is 48.3 Å². The molecule has 0 bridgehead atoms. The van der Waals surface area contributed by atoms with Crippen LogP contribution in [0.4, 0.5) is 48.3 Å². The molecule has 1 saturated heterocycles. The Morgan fingerprint density at radius 1 is 0.885 bits per heavy atom. The average Bonchev–Trinajstić information content (AvgIpc) is 2.91. The predicted octanol–water partition coefficient (Wildman–Crippen LogP) is 5.05. The van der Waals surface area contributed by atoms with Crippen LogP contribution in [0.25, 0.3) is 0 Å². The summed E-state index contributed by atoms with van der Waals surface area (Å²) in [6, 6.07) is -12.5. The number of nitrogens with zero attached hydrogens (tertiary/aromatic N) is 1. The quantitative estimate of drug-likeness (QED) is 0.370. The molecule has 1 heterocycles. The van der Waals surface area contributed by atoms with Crippen LogP contribution in [0, 0.1) is 0 Å². The molecule has 0 aromatic carbocycles. The van der Waals surface area contributed by atoms with Gasteiger partial charge in [0.25, 0.3) is 0 Å². The van der Waals surface area contributed by atoms with Crippen LogP contribution < -0.4 is 0 Å². The van der Waals surface area contributed by atoms with E-state index in [2.05, 4.69) is 9.47 Å². The van der Waals surface area contributed by atoms with Crippen LogP contribution in [-0.2, 0) is 9.47 Å². The van der Waals surface area contributed by atoms with Crippen LogP contribution in [0.2, 0.25) is 0 Å². The molecule has 1 aliphatic heterocycles. The highest BCUT2D eigenvalue weighted by Gasteiger charge is 2.82. The topological polar surface area (TPSA) is 21.7 Å². The number of rotatable bonds is 3. The number of hydrogen-bond donors (Lipinski definition) is 0. The number of alkyl halides is 11. The van der Waals surface area contributed by atoms with Crippen molar-refractivity contribution in [3.8, 4) is 0 Å². The van der Waals surface area contributed by atoms with Crippen LogP contribution in [0.15, 0.2) is 12.0 Å². The summed E-state index contributed by atoms with van der Waals surface area (Å²) in [5.74, 6) is -2.53. The third-order valence-electron chi connectivity index (χ3n) is 3.68. The van der Waals surface area contributed by atoms with Crippen molar-refractivity contribution in [1.29, 1.82) is 0 Å². The van der Waals surface area contributed by atoms with Crippen molar-refractivity contribution < 1.29 is 57.8 Å². The van der Waals surface area contributed by atoms with Crippen molar-refractivity contribution in [2.45, 2.75) is 62.3 Å². The molecular weight excluding hydrogens is 399 g/mol. The fourth-order valence-electron chi connectivity index (χ4n) is 2.38. The first-order valence-corrected chi connectivity index (χ1v) is 6.99. The lowest BCUT2D eigenvalue weighted by Crippen LogP contribution is -2.72. The maximum Gasteiger partial charge on any atom is 0.450 e. The maximum atomic E-state index is 13.5. The SMILES string of the molecule is FC(F)(F)C(=CN1C(F)(F)C(F)(F)OC(F)(F)C1(F)F)OC1CCCC1. The van der Waals surface area contributed by atoms with Gasteiger partial charge in [0, 0.05) is 0 Å². The molecule has 2 rings (SSSR count). The van der Waals surface area contributed by atoms with Crippen molar-refractivity contribution in [3.63, 3.8) is 0 Å². The molecule has 1 saturated carbocycles. The monoisotopic (exact) mass is 409 g/mol. The largest absolute Gasteiger partial charge is 0.485 e. The number of hydrogen-bond acceptors (Lipinski definition) is 3. The standard InChI is InChI=1S/C12H10F11NO2/c13-8(14,15)7(25-6-3-1-2-4-6)5-24-9(16,17)11(20,21)26-12(22,23)10(24,18)19/h5-6H,1-4H2. The first-order valence-electron chi connectivity index (χ1n) is 6.99. The molecule has 0 amide bonds. The number of ether oxygens (including phenoxy) is 2. The van der Waals surface area contributed by atoms with Gasteiger partial charge in [-0.2, -0.15) is 48.3 Å². The molecule has 14 heteroatoms. The summed E-state index contributed by atoms with van der Waals surface area (Å²) in [7, 11) is 0. The van der Waals surface area contributed by atoms with Gasteiger partial charge in [-0.1, -0.05) is 0 Å². The van der Waals surface area contributed by atoms with Gasteiger partial charge in [0.2, 0.25) is 5.76 Å². The van der Waals surface area contributed by atoms with Crippen LogP contribution in [-0.4, -0.2) is 41.5 Å². The molecule has 0 aromatic rings. The van der Waals surface area contributed by atoms with Crippen molar-refractivity contribution >= 4 is 0 Å².